The Morgan fingerprint density at radius 3 is 2.35 bits per heavy atom. The second-order valence-electron chi connectivity index (χ2n) is 3.82. The van der Waals surface area contributed by atoms with Crippen LogP contribution < -0.4 is 0 Å². The van der Waals surface area contributed by atoms with Gasteiger partial charge in [0.25, 0.3) is 0 Å². The van der Waals surface area contributed by atoms with E-state index in [1.165, 1.54) is 14.7 Å². The Morgan fingerprint density at radius 1 is 0.882 bits per heavy atom. The molecule has 0 fully saturated rings. The van der Waals surface area contributed by atoms with Crippen LogP contribution in [0.5, 0.6) is 0 Å². The smallest absolute Gasteiger partial charge is 0.0130 e. The van der Waals surface area contributed by atoms with Gasteiger partial charge in [-0.2, -0.15) is 0 Å². The molecule has 17 heavy (non-hydrogen) atoms. The molecular weight excluding hydrogens is 319 g/mol. The van der Waals surface area contributed by atoms with E-state index < -0.39 is 0 Å². The molecule has 1 aromatic rings. The fraction of sp³-hybridized carbons (Fsp3) is 0. The van der Waals surface area contributed by atoms with E-state index in [2.05, 4.69) is 77.7 Å². The molecule has 0 heterocycles. The van der Waals surface area contributed by atoms with Crippen LogP contribution >= 0.6 is 22.6 Å². The van der Waals surface area contributed by atoms with Crippen LogP contribution in [0, 0.1) is 0 Å². The molecule has 1 aliphatic carbocycles. The Morgan fingerprint density at radius 2 is 1.59 bits per heavy atom. The molecule has 0 atom stereocenters. The van der Waals surface area contributed by atoms with E-state index in [-0.39, 0.29) is 0 Å². The Hall–Kier alpha value is -1.35. The highest BCUT2D eigenvalue weighted by Crippen LogP contribution is 2.15. The molecule has 0 unspecified atom stereocenters. The van der Waals surface area contributed by atoms with Crippen molar-refractivity contribution >= 4 is 34.7 Å². The predicted octanol–water partition coefficient (Wildman–Crippen LogP) is 5.16. The van der Waals surface area contributed by atoms with Gasteiger partial charge in [-0.1, -0.05) is 55.2 Å². The van der Waals surface area contributed by atoms with Crippen molar-refractivity contribution in [3.05, 3.63) is 81.5 Å². The van der Waals surface area contributed by atoms with Gasteiger partial charge in [-0.3, -0.25) is 0 Å². The Balaban J connectivity index is 2.46. The van der Waals surface area contributed by atoms with Crippen molar-refractivity contribution < 1.29 is 0 Å². The van der Waals surface area contributed by atoms with Crippen LogP contribution in [0.4, 0.5) is 0 Å². The first-order chi connectivity index (χ1) is 8.24. The molecule has 0 aromatic heterocycles. The number of fused-ring (bicyclic) bond motifs is 2. The minimum atomic E-state index is 1.00. The van der Waals surface area contributed by atoms with Crippen LogP contribution in [0.15, 0.2) is 70.4 Å². The molecule has 1 heteroatoms. The van der Waals surface area contributed by atoms with Crippen LogP contribution in [0.3, 0.4) is 0 Å². The maximum Gasteiger partial charge on any atom is 0.0130 e. The summed E-state index contributed by atoms with van der Waals surface area (Å²) in [5, 5.41) is 0. The van der Waals surface area contributed by atoms with Gasteiger partial charge in [0.1, 0.15) is 0 Å². The summed E-state index contributed by atoms with van der Waals surface area (Å²) in [6.07, 6.45) is 14.4. The third kappa shape index (κ3) is 3.86. The third-order valence-electron chi connectivity index (χ3n) is 2.40. The molecule has 0 amide bonds. The van der Waals surface area contributed by atoms with Crippen molar-refractivity contribution in [2.75, 3.05) is 0 Å². The zero-order valence-corrected chi connectivity index (χ0v) is 11.6. The molecule has 1 aromatic carbocycles. The highest BCUT2D eigenvalue weighted by atomic mass is 127. The van der Waals surface area contributed by atoms with Gasteiger partial charge in [0.15, 0.2) is 0 Å². The van der Waals surface area contributed by atoms with Crippen molar-refractivity contribution in [2.24, 2.45) is 0 Å². The van der Waals surface area contributed by atoms with Gasteiger partial charge in [0.2, 0.25) is 0 Å². The molecule has 0 spiro atoms. The summed E-state index contributed by atoms with van der Waals surface area (Å²) in [4.78, 5) is 0. The zero-order chi connectivity index (χ0) is 12.1. The summed E-state index contributed by atoms with van der Waals surface area (Å²) >= 11 is 2.32. The lowest BCUT2D eigenvalue weighted by molar-refractivity contribution is 1.61. The highest BCUT2D eigenvalue weighted by Gasteiger charge is 1.91. The minimum absolute atomic E-state index is 1.00. The maximum absolute atomic E-state index is 3.98. The van der Waals surface area contributed by atoms with Crippen molar-refractivity contribution in [2.45, 2.75) is 0 Å². The zero-order valence-electron chi connectivity index (χ0n) is 9.44. The Labute approximate surface area is 116 Å². The lowest BCUT2D eigenvalue weighted by Crippen LogP contribution is -1.77. The normalized spacial score (nSPS) is 15.1. The van der Waals surface area contributed by atoms with Gasteiger partial charge in [-0.15, -0.1) is 0 Å². The van der Waals surface area contributed by atoms with Crippen molar-refractivity contribution in [1.29, 1.82) is 0 Å². The molecule has 0 saturated carbocycles. The molecular formula is C16H13I. The SMILES string of the molecule is C=C1C=CC=C(I)C=Cc2cccc(c2)C=C1. The van der Waals surface area contributed by atoms with Gasteiger partial charge < -0.3 is 0 Å². The third-order valence-corrected chi connectivity index (χ3v) is 3.12. The molecule has 0 aliphatic heterocycles. The molecule has 0 radical (unpaired) electrons. The number of halogens is 1. The molecule has 2 bridgehead atoms. The number of hydrogen-bond donors (Lipinski definition) is 0. The fourth-order valence-corrected chi connectivity index (χ4v) is 1.91. The Bertz CT molecular complexity index is 542. The minimum Gasteiger partial charge on any atom is -0.0918 e. The van der Waals surface area contributed by atoms with Crippen LogP contribution in [0.25, 0.3) is 12.2 Å². The van der Waals surface area contributed by atoms with Crippen molar-refractivity contribution in [3.8, 4) is 0 Å². The predicted molar refractivity (Wildman–Crippen MR) is 84.9 cm³/mol. The van der Waals surface area contributed by atoms with Crippen molar-refractivity contribution in [1.82, 2.24) is 0 Å². The van der Waals surface area contributed by atoms with Gasteiger partial charge in [-0.05, 0) is 57.5 Å². The largest absolute Gasteiger partial charge is 0.0918 e. The number of benzene rings is 1. The molecule has 0 nitrogen and oxygen atoms in total. The van der Waals surface area contributed by atoms with Crippen LogP contribution in [-0.2, 0) is 0 Å². The van der Waals surface area contributed by atoms with Crippen LogP contribution in [0.1, 0.15) is 11.1 Å². The second-order valence-corrected chi connectivity index (χ2v) is 5.07. The molecule has 1 aliphatic rings. The maximum atomic E-state index is 3.98. The monoisotopic (exact) mass is 332 g/mol. The molecule has 0 N–H and O–H groups in total. The summed E-state index contributed by atoms with van der Waals surface area (Å²) in [5.74, 6) is 0. The van der Waals surface area contributed by atoms with Crippen LogP contribution in [-0.4, -0.2) is 0 Å². The molecule has 84 valence electrons. The van der Waals surface area contributed by atoms with E-state index in [0.29, 0.717) is 0 Å². The van der Waals surface area contributed by atoms with E-state index >= 15 is 0 Å². The first kappa shape index (κ1) is 12.1. The summed E-state index contributed by atoms with van der Waals surface area (Å²) < 4.78 is 1.20. The molecule has 2 rings (SSSR count). The van der Waals surface area contributed by atoms with E-state index in [1.807, 2.05) is 18.2 Å². The fourth-order valence-electron chi connectivity index (χ4n) is 1.52. The first-order valence-corrected chi connectivity index (χ1v) is 6.51. The first-order valence-electron chi connectivity index (χ1n) is 5.43. The van der Waals surface area contributed by atoms with Gasteiger partial charge in [0.05, 0.1) is 0 Å². The van der Waals surface area contributed by atoms with E-state index in [4.69, 9.17) is 0 Å². The van der Waals surface area contributed by atoms with E-state index in [1.54, 1.807) is 0 Å². The van der Waals surface area contributed by atoms with Crippen LogP contribution in [0.2, 0.25) is 0 Å². The summed E-state index contributed by atoms with van der Waals surface area (Å²) in [5.41, 5.74) is 3.41. The average Bonchev–Trinajstić information content (AvgIpc) is 2.33. The average molecular weight is 332 g/mol. The summed E-state index contributed by atoms with van der Waals surface area (Å²) in [7, 11) is 0. The number of allylic oxidation sites excluding steroid dienone is 7. The molecule has 0 saturated heterocycles. The van der Waals surface area contributed by atoms with Gasteiger partial charge in [-0.25, -0.2) is 0 Å². The summed E-state index contributed by atoms with van der Waals surface area (Å²) in [6, 6.07) is 8.43. The second kappa shape index (κ2) is 5.82. The summed E-state index contributed by atoms with van der Waals surface area (Å²) in [6.45, 7) is 3.98. The lowest BCUT2D eigenvalue weighted by atomic mass is 10.1. The topological polar surface area (TPSA) is 0 Å². The van der Waals surface area contributed by atoms with Gasteiger partial charge in [0, 0.05) is 3.58 Å². The lowest BCUT2D eigenvalue weighted by Gasteiger charge is -1.98. The highest BCUT2D eigenvalue weighted by molar-refractivity contribution is 14.1. The van der Waals surface area contributed by atoms with E-state index in [9.17, 15) is 0 Å². The quantitative estimate of drug-likeness (QED) is 0.576. The van der Waals surface area contributed by atoms with Crippen molar-refractivity contribution in [3.63, 3.8) is 0 Å². The van der Waals surface area contributed by atoms with Gasteiger partial charge >= 0.3 is 0 Å². The van der Waals surface area contributed by atoms with E-state index in [0.717, 1.165) is 5.57 Å². The number of hydrogen-bond acceptors (Lipinski definition) is 0. The standard InChI is InChI=1S/C16H13I/c1-13-4-2-7-16(17)11-10-15-6-3-5-14(12-15)9-8-13/h2-12H,1H2. The Kier molecular flexibility index (Phi) is 4.15. The number of rotatable bonds is 0.